The van der Waals surface area contributed by atoms with Crippen LogP contribution in [0, 0.1) is 6.92 Å². The van der Waals surface area contributed by atoms with Crippen molar-refractivity contribution < 1.29 is 9.53 Å². The Morgan fingerprint density at radius 2 is 1.83 bits per heavy atom. The van der Waals surface area contributed by atoms with Gasteiger partial charge in [-0.3, -0.25) is 4.79 Å². The van der Waals surface area contributed by atoms with Crippen LogP contribution in [-0.2, 0) is 4.74 Å². The average molecular weight is 248 g/mol. The van der Waals surface area contributed by atoms with Gasteiger partial charge < -0.3 is 4.74 Å². The van der Waals surface area contributed by atoms with Gasteiger partial charge in [0.25, 0.3) is 0 Å². The van der Waals surface area contributed by atoms with E-state index in [1.54, 1.807) is 0 Å². The Morgan fingerprint density at radius 1 is 1.11 bits per heavy atom. The van der Waals surface area contributed by atoms with E-state index in [0.29, 0.717) is 6.61 Å². The number of Topliss-reactive ketones (excluding diaryl/α,β-unsaturated/α-hetero) is 1. The molecule has 0 aliphatic carbocycles. The summed E-state index contributed by atoms with van der Waals surface area (Å²) < 4.78 is 5.44. The van der Waals surface area contributed by atoms with E-state index < -0.39 is 0 Å². The summed E-state index contributed by atoms with van der Waals surface area (Å²) in [6.07, 6.45) is 6.08. The maximum atomic E-state index is 11.9. The molecule has 2 nitrogen and oxygen atoms in total. The quantitative estimate of drug-likeness (QED) is 0.484. The zero-order valence-corrected chi connectivity index (χ0v) is 11.6. The highest BCUT2D eigenvalue weighted by atomic mass is 16.5. The molecular weight excluding hydrogens is 224 g/mol. The number of carbonyl (C=O) groups is 1. The number of carbonyl (C=O) groups excluding carboxylic acids is 1. The fraction of sp³-hybridized carbons (Fsp3) is 0.562. The Kier molecular flexibility index (Phi) is 7.35. The molecular formula is C16H24O2. The second kappa shape index (κ2) is 8.87. The molecule has 0 atom stereocenters. The van der Waals surface area contributed by atoms with Crippen molar-refractivity contribution in [3.8, 4) is 0 Å². The van der Waals surface area contributed by atoms with Crippen molar-refractivity contribution in [3.05, 3.63) is 35.4 Å². The van der Waals surface area contributed by atoms with Crippen molar-refractivity contribution in [2.75, 3.05) is 13.2 Å². The standard InChI is InChI=1S/C16H24O2/c1-3-4-5-6-9-12-18-13-16(17)15-11-8-7-10-14(15)2/h7-8,10-11H,3-6,9,12-13H2,1-2H3. The van der Waals surface area contributed by atoms with Crippen LogP contribution in [0.25, 0.3) is 0 Å². The van der Waals surface area contributed by atoms with Gasteiger partial charge in [-0.15, -0.1) is 0 Å². The van der Waals surface area contributed by atoms with Crippen molar-refractivity contribution in [1.29, 1.82) is 0 Å². The lowest BCUT2D eigenvalue weighted by Gasteiger charge is -2.06. The lowest BCUT2D eigenvalue weighted by molar-refractivity contribution is 0.0751. The van der Waals surface area contributed by atoms with Crippen molar-refractivity contribution in [2.24, 2.45) is 0 Å². The first-order valence-corrected chi connectivity index (χ1v) is 6.92. The van der Waals surface area contributed by atoms with Crippen LogP contribution in [0.4, 0.5) is 0 Å². The minimum atomic E-state index is 0.0849. The normalized spacial score (nSPS) is 10.6. The molecule has 0 spiro atoms. The molecule has 0 aliphatic rings. The van der Waals surface area contributed by atoms with Crippen LogP contribution < -0.4 is 0 Å². The zero-order chi connectivity index (χ0) is 13.2. The number of unbranched alkanes of at least 4 members (excludes halogenated alkanes) is 4. The van der Waals surface area contributed by atoms with Crippen molar-refractivity contribution in [1.82, 2.24) is 0 Å². The average Bonchev–Trinajstić information content (AvgIpc) is 2.38. The first kappa shape index (κ1) is 14.9. The zero-order valence-electron chi connectivity index (χ0n) is 11.6. The Hall–Kier alpha value is -1.15. The summed E-state index contributed by atoms with van der Waals surface area (Å²) in [5.74, 6) is 0.0849. The lowest BCUT2D eigenvalue weighted by atomic mass is 10.1. The Bertz CT molecular complexity index is 358. The second-order valence-corrected chi connectivity index (χ2v) is 4.70. The molecule has 0 saturated carbocycles. The summed E-state index contributed by atoms with van der Waals surface area (Å²) in [5, 5.41) is 0. The van der Waals surface area contributed by atoms with E-state index in [1.165, 1.54) is 25.7 Å². The van der Waals surface area contributed by atoms with Gasteiger partial charge in [0.15, 0.2) is 5.78 Å². The fourth-order valence-electron chi connectivity index (χ4n) is 1.94. The van der Waals surface area contributed by atoms with Crippen LogP contribution in [-0.4, -0.2) is 19.0 Å². The molecule has 0 N–H and O–H groups in total. The van der Waals surface area contributed by atoms with E-state index in [9.17, 15) is 4.79 Å². The van der Waals surface area contributed by atoms with Gasteiger partial charge in [-0.05, 0) is 18.9 Å². The molecule has 18 heavy (non-hydrogen) atoms. The molecule has 100 valence electrons. The minimum Gasteiger partial charge on any atom is -0.373 e. The first-order valence-electron chi connectivity index (χ1n) is 6.92. The molecule has 1 rings (SSSR count). The maximum Gasteiger partial charge on any atom is 0.188 e. The number of hydrogen-bond acceptors (Lipinski definition) is 2. The van der Waals surface area contributed by atoms with E-state index in [2.05, 4.69) is 6.92 Å². The summed E-state index contributed by atoms with van der Waals surface area (Å²) in [6.45, 7) is 5.06. The molecule has 0 radical (unpaired) electrons. The summed E-state index contributed by atoms with van der Waals surface area (Å²) in [6, 6.07) is 7.66. The van der Waals surface area contributed by atoms with Gasteiger partial charge in [-0.1, -0.05) is 56.9 Å². The van der Waals surface area contributed by atoms with E-state index in [-0.39, 0.29) is 12.4 Å². The van der Waals surface area contributed by atoms with Gasteiger partial charge in [0, 0.05) is 12.2 Å². The number of rotatable bonds is 9. The van der Waals surface area contributed by atoms with Gasteiger partial charge in [0.05, 0.1) is 0 Å². The van der Waals surface area contributed by atoms with Gasteiger partial charge in [0.1, 0.15) is 6.61 Å². The first-order chi connectivity index (χ1) is 8.75. The third-order valence-electron chi connectivity index (χ3n) is 3.07. The largest absolute Gasteiger partial charge is 0.373 e. The Labute approximate surface area is 110 Å². The fourth-order valence-corrected chi connectivity index (χ4v) is 1.94. The Morgan fingerprint density at radius 3 is 2.56 bits per heavy atom. The predicted octanol–water partition coefficient (Wildman–Crippen LogP) is 4.16. The van der Waals surface area contributed by atoms with Gasteiger partial charge in [-0.2, -0.15) is 0 Å². The number of ketones is 1. The summed E-state index contributed by atoms with van der Waals surface area (Å²) in [5.41, 5.74) is 1.80. The molecule has 0 aromatic heterocycles. The van der Waals surface area contributed by atoms with E-state index in [4.69, 9.17) is 4.74 Å². The van der Waals surface area contributed by atoms with Crippen LogP contribution in [0.1, 0.15) is 54.9 Å². The third-order valence-corrected chi connectivity index (χ3v) is 3.07. The topological polar surface area (TPSA) is 26.3 Å². The molecule has 1 aromatic rings. The van der Waals surface area contributed by atoms with Crippen molar-refractivity contribution in [2.45, 2.75) is 46.0 Å². The third kappa shape index (κ3) is 5.46. The highest BCUT2D eigenvalue weighted by Crippen LogP contribution is 2.08. The minimum absolute atomic E-state index is 0.0849. The number of benzene rings is 1. The highest BCUT2D eigenvalue weighted by Gasteiger charge is 2.07. The highest BCUT2D eigenvalue weighted by molar-refractivity contribution is 5.98. The van der Waals surface area contributed by atoms with Crippen LogP contribution in [0.3, 0.4) is 0 Å². The van der Waals surface area contributed by atoms with Gasteiger partial charge >= 0.3 is 0 Å². The molecule has 0 amide bonds. The predicted molar refractivity (Wildman–Crippen MR) is 75.1 cm³/mol. The number of hydrogen-bond donors (Lipinski definition) is 0. The Balaban J connectivity index is 2.16. The maximum absolute atomic E-state index is 11.9. The molecule has 0 aliphatic heterocycles. The van der Waals surface area contributed by atoms with Crippen LogP contribution in [0.15, 0.2) is 24.3 Å². The SMILES string of the molecule is CCCCCCCOCC(=O)c1ccccc1C. The lowest BCUT2D eigenvalue weighted by Crippen LogP contribution is -2.11. The molecule has 1 aromatic carbocycles. The summed E-state index contributed by atoms with van der Waals surface area (Å²) >= 11 is 0. The molecule has 2 heteroatoms. The van der Waals surface area contributed by atoms with E-state index in [1.807, 2.05) is 31.2 Å². The number of aryl methyl sites for hydroxylation is 1. The van der Waals surface area contributed by atoms with Crippen LogP contribution in [0.2, 0.25) is 0 Å². The summed E-state index contributed by atoms with van der Waals surface area (Å²) in [4.78, 5) is 11.9. The number of ether oxygens (including phenoxy) is 1. The second-order valence-electron chi connectivity index (χ2n) is 4.70. The van der Waals surface area contributed by atoms with E-state index >= 15 is 0 Å². The van der Waals surface area contributed by atoms with Crippen molar-refractivity contribution in [3.63, 3.8) is 0 Å². The van der Waals surface area contributed by atoms with Gasteiger partial charge in [-0.25, -0.2) is 0 Å². The van der Waals surface area contributed by atoms with Crippen LogP contribution in [0.5, 0.6) is 0 Å². The van der Waals surface area contributed by atoms with Gasteiger partial charge in [0.2, 0.25) is 0 Å². The van der Waals surface area contributed by atoms with Crippen LogP contribution >= 0.6 is 0 Å². The smallest absolute Gasteiger partial charge is 0.188 e. The molecule has 0 bridgehead atoms. The molecule has 0 heterocycles. The molecule has 0 saturated heterocycles. The monoisotopic (exact) mass is 248 g/mol. The summed E-state index contributed by atoms with van der Waals surface area (Å²) in [7, 11) is 0. The molecule has 0 fully saturated rings. The molecule has 0 unspecified atom stereocenters. The van der Waals surface area contributed by atoms with Crippen molar-refractivity contribution >= 4 is 5.78 Å². The van der Waals surface area contributed by atoms with E-state index in [0.717, 1.165) is 17.5 Å².